The standard InChI is InChI=1S/C9H11NO5/c11-6-2-1-3-9(14)15-10-7(12)4-5-8(10)13/h6H,1-5H2. The Hall–Kier alpha value is -1.72. The Kier molecular flexibility index (Phi) is 3.96. The molecule has 0 spiro atoms. The van der Waals surface area contributed by atoms with Gasteiger partial charge in [0, 0.05) is 25.7 Å². The van der Waals surface area contributed by atoms with Crippen molar-refractivity contribution < 1.29 is 24.0 Å². The van der Waals surface area contributed by atoms with Crippen molar-refractivity contribution in [3.05, 3.63) is 0 Å². The van der Waals surface area contributed by atoms with Crippen molar-refractivity contribution >= 4 is 24.1 Å². The summed E-state index contributed by atoms with van der Waals surface area (Å²) in [6.07, 6.45) is 1.51. The van der Waals surface area contributed by atoms with Crippen LogP contribution < -0.4 is 0 Å². The molecule has 0 aromatic rings. The van der Waals surface area contributed by atoms with Crippen LogP contribution in [0.5, 0.6) is 0 Å². The molecule has 0 atom stereocenters. The summed E-state index contributed by atoms with van der Waals surface area (Å²) >= 11 is 0. The molecular weight excluding hydrogens is 202 g/mol. The summed E-state index contributed by atoms with van der Waals surface area (Å²) in [5.74, 6) is -1.66. The fourth-order valence-corrected chi connectivity index (χ4v) is 1.14. The number of hydrogen-bond acceptors (Lipinski definition) is 5. The van der Waals surface area contributed by atoms with Crippen LogP contribution in [0.3, 0.4) is 0 Å². The van der Waals surface area contributed by atoms with E-state index in [1.165, 1.54) is 0 Å². The summed E-state index contributed by atoms with van der Waals surface area (Å²) in [7, 11) is 0. The third-order valence-electron chi connectivity index (χ3n) is 1.90. The van der Waals surface area contributed by atoms with Gasteiger partial charge in [-0.3, -0.25) is 9.59 Å². The minimum atomic E-state index is -0.666. The third-order valence-corrected chi connectivity index (χ3v) is 1.90. The molecule has 0 aliphatic carbocycles. The SMILES string of the molecule is O=CCCCC(=O)ON1C(=O)CCC1=O. The first kappa shape index (κ1) is 11.4. The largest absolute Gasteiger partial charge is 0.333 e. The van der Waals surface area contributed by atoms with E-state index in [2.05, 4.69) is 4.84 Å². The predicted molar refractivity (Wildman–Crippen MR) is 47.1 cm³/mol. The van der Waals surface area contributed by atoms with Crippen molar-refractivity contribution in [2.45, 2.75) is 32.1 Å². The number of hydroxylamine groups is 2. The van der Waals surface area contributed by atoms with Crippen molar-refractivity contribution in [2.75, 3.05) is 0 Å². The van der Waals surface area contributed by atoms with Gasteiger partial charge in [-0.05, 0) is 6.42 Å². The molecule has 6 nitrogen and oxygen atoms in total. The number of unbranched alkanes of at least 4 members (excludes halogenated alkanes) is 1. The summed E-state index contributed by atoms with van der Waals surface area (Å²) in [4.78, 5) is 47.7. The minimum Gasteiger partial charge on any atom is -0.330 e. The molecule has 1 rings (SSSR count). The molecule has 6 heteroatoms. The molecule has 0 unspecified atom stereocenters. The summed E-state index contributed by atoms with van der Waals surface area (Å²) in [6.45, 7) is 0. The van der Waals surface area contributed by atoms with Gasteiger partial charge in [0.1, 0.15) is 6.29 Å². The van der Waals surface area contributed by atoms with Crippen LogP contribution in [0.4, 0.5) is 0 Å². The second-order valence-electron chi connectivity index (χ2n) is 3.10. The molecule has 0 aromatic heterocycles. The number of hydrogen-bond donors (Lipinski definition) is 0. The predicted octanol–water partition coefficient (Wildman–Crippen LogP) is -0.0372. The van der Waals surface area contributed by atoms with Gasteiger partial charge in [-0.1, -0.05) is 0 Å². The van der Waals surface area contributed by atoms with Crippen molar-refractivity contribution in [1.29, 1.82) is 0 Å². The smallest absolute Gasteiger partial charge is 0.330 e. The zero-order valence-corrected chi connectivity index (χ0v) is 8.10. The lowest BCUT2D eigenvalue weighted by molar-refractivity contribution is -0.197. The van der Waals surface area contributed by atoms with Gasteiger partial charge >= 0.3 is 5.97 Å². The Morgan fingerprint density at radius 1 is 1.33 bits per heavy atom. The van der Waals surface area contributed by atoms with E-state index >= 15 is 0 Å². The molecule has 1 aliphatic heterocycles. The fourth-order valence-electron chi connectivity index (χ4n) is 1.14. The first-order valence-electron chi connectivity index (χ1n) is 4.65. The van der Waals surface area contributed by atoms with E-state index in [0.29, 0.717) is 17.8 Å². The van der Waals surface area contributed by atoms with Gasteiger partial charge in [-0.25, -0.2) is 4.79 Å². The van der Waals surface area contributed by atoms with Crippen LogP contribution >= 0.6 is 0 Å². The number of nitrogens with zero attached hydrogens (tertiary/aromatic N) is 1. The fraction of sp³-hybridized carbons (Fsp3) is 0.556. The maximum atomic E-state index is 11.1. The summed E-state index contributed by atoms with van der Waals surface area (Å²) in [5, 5.41) is 0.503. The average molecular weight is 213 g/mol. The molecule has 0 aromatic carbocycles. The van der Waals surface area contributed by atoms with Crippen molar-refractivity contribution in [2.24, 2.45) is 0 Å². The second kappa shape index (κ2) is 5.23. The molecule has 82 valence electrons. The lowest BCUT2D eigenvalue weighted by Crippen LogP contribution is -2.31. The quantitative estimate of drug-likeness (QED) is 0.363. The molecule has 0 saturated carbocycles. The molecule has 1 fully saturated rings. The van der Waals surface area contributed by atoms with Crippen LogP contribution in [-0.4, -0.2) is 29.1 Å². The van der Waals surface area contributed by atoms with Gasteiger partial charge in [-0.2, -0.15) is 0 Å². The van der Waals surface area contributed by atoms with Crippen LogP contribution in [0.15, 0.2) is 0 Å². The van der Waals surface area contributed by atoms with Gasteiger partial charge < -0.3 is 9.63 Å². The molecule has 1 aliphatic rings. The van der Waals surface area contributed by atoms with Crippen LogP contribution in [0.2, 0.25) is 0 Å². The maximum Gasteiger partial charge on any atom is 0.333 e. The van der Waals surface area contributed by atoms with Crippen LogP contribution in [-0.2, 0) is 24.0 Å². The van der Waals surface area contributed by atoms with E-state index in [-0.39, 0.29) is 25.7 Å². The number of carbonyl (C=O) groups is 4. The lowest BCUT2D eigenvalue weighted by Gasteiger charge is -2.11. The number of aldehydes is 1. The van der Waals surface area contributed by atoms with Crippen LogP contribution in [0.25, 0.3) is 0 Å². The van der Waals surface area contributed by atoms with Crippen molar-refractivity contribution in [3.63, 3.8) is 0 Å². The number of rotatable bonds is 5. The van der Waals surface area contributed by atoms with E-state index in [1.807, 2.05) is 0 Å². The molecule has 0 N–H and O–H groups in total. The Morgan fingerprint density at radius 3 is 2.47 bits per heavy atom. The average Bonchev–Trinajstić information content (AvgIpc) is 2.50. The van der Waals surface area contributed by atoms with E-state index in [1.54, 1.807) is 0 Å². The normalized spacial score (nSPS) is 15.6. The number of amides is 2. The molecule has 2 amide bonds. The molecule has 0 bridgehead atoms. The van der Waals surface area contributed by atoms with Gasteiger partial charge in [-0.15, -0.1) is 5.06 Å². The first-order valence-corrected chi connectivity index (χ1v) is 4.65. The maximum absolute atomic E-state index is 11.1. The lowest BCUT2D eigenvalue weighted by atomic mass is 10.2. The zero-order valence-electron chi connectivity index (χ0n) is 8.10. The molecule has 1 saturated heterocycles. The second-order valence-corrected chi connectivity index (χ2v) is 3.10. The van der Waals surface area contributed by atoms with Gasteiger partial charge in [0.25, 0.3) is 11.8 Å². The minimum absolute atomic E-state index is 0.0236. The van der Waals surface area contributed by atoms with E-state index in [4.69, 9.17) is 0 Å². The molecule has 15 heavy (non-hydrogen) atoms. The molecule has 0 radical (unpaired) electrons. The van der Waals surface area contributed by atoms with Crippen LogP contribution in [0, 0.1) is 0 Å². The zero-order chi connectivity index (χ0) is 11.3. The Balaban J connectivity index is 2.33. The highest BCUT2D eigenvalue weighted by Gasteiger charge is 2.32. The highest BCUT2D eigenvalue weighted by atomic mass is 16.7. The van der Waals surface area contributed by atoms with E-state index in [0.717, 1.165) is 0 Å². The number of imide groups is 1. The monoisotopic (exact) mass is 213 g/mol. The highest BCUT2D eigenvalue weighted by Crippen LogP contribution is 2.12. The van der Waals surface area contributed by atoms with Gasteiger partial charge in [0.05, 0.1) is 0 Å². The number of carbonyl (C=O) groups excluding carboxylic acids is 4. The van der Waals surface area contributed by atoms with Crippen molar-refractivity contribution in [3.8, 4) is 0 Å². The first-order chi connectivity index (χ1) is 7.15. The summed E-state index contributed by atoms with van der Waals surface area (Å²) in [6, 6.07) is 0. The van der Waals surface area contributed by atoms with E-state index in [9.17, 15) is 19.2 Å². The Bertz CT molecular complexity index is 283. The molecular formula is C9H11NO5. The third kappa shape index (κ3) is 3.16. The summed E-state index contributed by atoms with van der Waals surface area (Å²) in [5.41, 5.74) is 0. The van der Waals surface area contributed by atoms with Gasteiger partial charge in [0.2, 0.25) is 0 Å². The topological polar surface area (TPSA) is 80.8 Å². The highest BCUT2D eigenvalue weighted by molar-refractivity contribution is 6.01. The Morgan fingerprint density at radius 2 is 1.93 bits per heavy atom. The summed E-state index contributed by atoms with van der Waals surface area (Å²) < 4.78 is 0. The van der Waals surface area contributed by atoms with Crippen LogP contribution in [0.1, 0.15) is 32.1 Å². The van der Waals surface area contributed by atoms with Crippen molar-refractivity contribution in [1.82, 2.24) is 5.06 Å². The molecule has 1 heterocycles. The van der Waals surface area contributed by atoms with E-state index < -0.39 is 17.8 Å². The Labute approximate surface area is 86.1 Å². The van der Waals surface area contributed by atoms with Gasteiger partial charge in [0.15, 0.2) is 0 Å².